The van der Waals surface area contributed by atoms with E-state index >= 15 is 0 Å². The first-order chi connectivity index (χ1) is 25.6. The standard InChI is InChI=1S/C41H44N4O9/c1-19-23(10-13-35(46)47)30-17-31-24(11-14-36(48)49)20(2)29(43-31)18-34-41(5)26(12-9-25(39(50)53-7)38(41)40(51)54-8)32(45-34)15-28-21(3)37(22(4)52-6)33(44-28)16-27(19)42-30/h9,12,15-18,22,38,42,44H,10-11,13-14H2,1-8H3,(H,46,47)(H,48,49). The van der Waals surface area contributed by atoms with Crippen molar-refractivity contribution in [2.24, 2.45) is 5.92 Å². The molecule has 0 spiro atoms. The number of ether oxygens (including phenoxy) is 3. The maximum absolute atomic E-state index is 13.7. The van der Waals surface area contributed by atoms with Crippen LogP contribution in [-0.4, -0.2) is 75.4 Å². The predicted molar refractivity (Wildman–Crippen MR) is 202 cm³/mol. The van der Waals surface area contributed by atoms with Gasteiger partial charge in [-0.3, -0.25) is 19.4 Å². The van der Waals surface area contributed by atoms with Gasteiger partial charge < -0.3 is 34.4 Å². The number of carbonyl (C=O) groups is 4. The van der Waals surface area contributed by atoms with Crippen LogP contribution in [0.5, 0.6) is 0 Å². The number of hydrogen-bond donors (Lipinski definition) is 4. The molecule has 0 saturated heterocycles. The Labute approximate surface area is 311 Å². The summed E-state index contributed by atoms with van der Waals surface area (Å²) in [4.78, 5) is 67.7. The third-order valence-corrected chi connectivity index (χ3v) is 11.1. The Kier molecular flexibility index (Phi) is 10.2. The molecule has 3 atom stereocenters. The van der Waals surface area contributed by atoms with E-state index in [1.807, 2.05) is 52.8 Å². The van der Waals surface area contributed by atoms with Crippen LogP contribution in [0.25, 0.3) is 38.8 Å². The fourth-order valence-electron chi connectivity index (χ4n) is 7.96. The van der Waals surface area contributed by atoms with Crippen molar-refractivity contribution in [1.82, 2.24) is 19.9 Å². The van der Waals surface area contributed by atoms with E-state index < -0.39 is 35.2 Å². The summed E-state index contributed by atoms with van der Waals surface area (Å²) in [6.07, 6.45) is 3.23. The second-order valence-electron chi connectivity index (χ2n) is 14.0. The molecule has 0 radical (unpaired) electrons. The van der Waals surface area contributed by atoms with Gasteiger partial charge in [-0.15, -0.1) is 0 Å². The SMILES string of the molecule is COC(=O)C1=CC=C2c3cc4[nH]c(cc5[nH]c(cc6nc(cc(n3)C2(C)C1C(=O)OC)C(C)=C6CCC(=O)O)c(CCC(=O)O)c5C)c(C(C)OC)c4C. The van der Waals surface area contributed by atoms with Gasteiger partial charge in [0, 0.05) is 47.6 Å². The van der Waals surface area contributed by atoms with Crippen molar-refractivity contribution in [2.45, 2.75) is 71.8 Å². The van der Waals surface area contributed by atoms with Crippen LogP contribution in [0.15, 0.2) is 42.0 Å². The van der Waals surface area contributed by atoms with Crippen LogP contribution < -0.4 is 0 Å². The first-order valence-electron chi connectivity index (χ1n) is 17.6. The van der Waals surface area contributed by atoms with Crippen molar-refractivity contribution >= 4 is 62.7 Å². The van der Waals surface area contributed by atoms with E-state index in [1.54, 1.807) is 25.3 Å². The van der Waals surface area contributed by atoms with E-state index in [0.29, 0.717) is 39.4 Å². The topological polar surface area (TPSA) is 194 Å². The summed E-state index contributed by atoms with van der Waals surface area (Å²) in [7, 11) is 4.16. The summed E-state index contributed by atoms with van der Waals surface area (Å²) in [6.45, 7) is 9.58. The molecule has 8 bridgehead atoms. The molecule has 13 nitrogen and oxygen atoms in total. The van der Waals surface area contributed by atoms with Crippen molar-refractivity contribution in [3.63, 3.8) is 0 Å². The summed E-state index contributed by atoms with van der Waals surface area (Å²) in [5, 5.41) is 19.3. The normalized spacial score (nSPS) is 18.4. The Hall–Kier alpha value is -5.82. The number of carboxylic acid groups (broad SMARTS) is 2. The highest BCUT2D eigenvalue weighted by atomic mass is 16.5. The summed E-state index contributed by atoms with van der Waals surface area (Å²) in [6, 6.07) is 7.50. The highest BCUT2D eigenvalue weighted by molar-refractivity contribution is 6.02. The Balaban J connectivity index is 1.80. The molecule has 282 valence electrons. The molecule has 1 aliphatic carbocycles. The number of nitrogens with one attached hydrogen (secondary N) is 2. The number of aryl methyl sites for hydroxylation is 3. The van der Waals surface area contributed by atoms with Gasteiger partial charge in [0.05, 0.1) is 54.1 Å². The molecular weight excluding hydrogens is 692 g/mol. The number of methoxy groups -OCH3 is 3. The average molecular weight is 737 g/mol. The van der Waals surface area contributed by atoms with Gasteiger partial charge in [0.25, 0.3) is 0 Å². The maximum Gasteiger partial charge on any atom is 0.334 e. The largest absolute Gasteiger partial charge is 0.481 e. The van der Waals surface area contributed by atoms with Crippen molar-refractivity contribution in [1.29, 1.82) is 0 Å². The molecule has 6 rings (SSSR count). The lowest BCUT2D eigenvalue weighted by Gasteiger charge is -2.36. The van der Waals surface area contributed by atoms with E-state index in [9.17, 15) is 29.4 Å². The molecule has 5 heterocycles. The van der Waals surface area contributed by atoms with E-state index in [0.717, 1.165) is 44.4 Å². The fraction of sp³-hybridized carbons (Fsp3) is 0.366. The Morgan fingerprint density at radius 1 is 0.796 bits per heavy atom. The first kappa shape index (κ1) is 37.9. The van der Waals surface area contributed by atoms with Gasteiger partial charge in [0.15, 0.2) is 0 Å². The molecule has 3 aromatic rings. The number of carboxylic acids is 2. The second-order valence-corrected chi connectivity index (χ2v) is 14.0. The highest BCUT2D eigenvalue weighted by Crippen LogP contribution is 2.52. The molecule has 3 aliphatic rings. The Bertz CT molecular complexity index is 2380. The third kappa shape index (κ3) is 6.42. The lowest BCUT2D eigenvalue weighted by atomic mass is 9.64. The highest BCUT2D eigenvalue weighted by Gasteiger charge is 2.53. The minimum Gasteiger partial charge on any atom is -0.481 e. The molecule has 4 N–H and O–H groups in total. The number of H-pyrrole nitrogens is 2. The Morgan fingerprint density at radius 3 is 2.09 bits per heavy atom. The monoisotopic (exact) mass is 736 g/mol. The van der Waals surface area contributed by atoms with Gasteiger partial charge in [0.1, 0.15) is 5.92 Å². The quantitative estimate of drug-likeness (QED) is 0.162. The molecule has 54 heavy (non-hydrogen) atoms. The molecule has 2 aliphatic heterocycles. The van der Waals surface area contributed by atoms with Crippen LogP contribution in [-0.2, 0) is 45.2 Å². The summed E-state index contributed by atoms with van der Waals surface area (Å²) >= 11 is 0. The maximum atomic E-state index is 13.7. The molecule has 3 aromatic heterocycles. The van der Waals surface area contributed by atoms with Gasteiger partial charge in [-0.25, -0.2) is 9.78 Å². The lowest BCUT2D eigenvalue weighted by molar-refractivity contribution is -0.149. The fourth-order valence-corrected chi connectivity index (χ4v) is 7.96. The molecule has 13 heteroatoms. The van der Waals surface area contributed by atoms with E-state index in [4.69, 9.17) is 24.2 Å². The minimum atomic E-state index is -1.21. The number of aromatic nitrogens is 4. The van der Waals surface area contributed by atoms with Crippen LogP contribution in [0.3, 0.4) is 0 Å². The zero-order valence-corrected chi connectivity index (χ0v) is 31.6. The van der Waals surface area contributed by atoms with Crippen molar-refractivity contribution < 1.29 is 43.6 Å². The van der Waals surface area contributed by atoms with E-state index in [-0.39, 0.29) is 37.4 Å². The van der Waals surface area contributed by atoms with Crippen molar-refractivity contribution in [3.05, 3.63) is 87.0 Å². The number of hydrogen-bond acceptors (Lipinski definition) is 9. The number of rotatable bonds is 10. The first-order valence-corrected chi connectivity index (χ1v) is 17.6. The zero-order valence-electron chi connectivity index (χ0n) is 31.6. The summed E-state index contributed by atoms with van der Waals surface area (Å²) in [5.74, 6) is -4.35. The van der Waals surface area contributed by atoms with Crippen molar-refractivity contribution in [2.75, 3.05) is 21.3 Å². The summed E-state index contributed by atoms with van der Waals surface area (Å²) < 4.78 is 16.2. The van der Waals surface area contributed by atoms with Crippen LogP contribution >= 0.6 is 0 Å². The molecule has 0 saturated carbocycles. The van der Waals surface area contributed by atoms with E-state index in [2.05, 4.69) is 9.97 Å². The van der Waals surface area contributed by atoms with Crippen LogP contribution in [0.4, 0.5) is 0 Å². The third-order valence-electron chi connectivity index (χ3n) is 11.1. The summed E-state index contributed by atoms with van der Waals surface area (Å²) in [5.41, 5.74) is 9.42. The van der Waals surface area contributed by atoms with Gasteiger partial charge >= 0.3 is 23.9 Å². The van der Waals surface area contributed by atoms with Gasteiger partial charge in [-0.2, -0.15) is 0 Å². The number of esters is 2. The molecule has 0 amide bonds. The number of allylic oxidation sites excluding steroid dienone is 5. The molecule has 0 fully saturated rings. The Morgan fingerprint density at radius 2 is 1.44 bits per heavy atom. The molecular formula is C41H44N4O9. The van der Waals surface area contributed by atoms with E-state index in [1.165, 1.54) is 14.2 Å². The minimum absolute atomic E-state index is 0.0970. The number of aromatic amines is 2. The van der Waals surface area contributed by atoms with Gasteiger partial charge in [-0.05, 0) is 105 Å². The van der Waals surface area contributed by atoms with Gasteiger partial charge in [-0.1, -0.05) is 12.2 Å². The zero-order chi connectivity index (χ0) is 39.2. The van der Waals surface area contributed by atoms with Crippen LogP contribution in [0.2, 0.25) is 0 Å². The number of nitrogens with zero attached hydrogens (tertiary/aromatic N) is 2. The van der Waals surface area contributed by atoms with Crippen LogP contribution in [0, 0.1) is 19.8 Å². The average Bonchev–Trinajstić information content (AvgIpc) is 3.79. The number of aliphatic carboxylic acids is 2. The predicted octanol–water partition coefficient (Wildman–Crippen LogP) is 6.70. The second kappa shape index (κ2) is 14.5. The number of carbonyl (C=O) groups excluding carboxylic acids is 2. The van der Waals surface area contributed by atoms with Crippen LogP contribution in [0.1, 0.15) is 91.2 Å². The van der Waals surface area contributed by atoms with Gasteiger partial charge in [0.2, 0.25) is 0 Å². The number of fused-ring (bicyclic) bond motifs is 11. The smallest absolute Gasteiger partial charge is 0.334 e. The molecule has 0 aromatic carbocycles. The van der Waals surface area contributed by atoms with Crippen molar-refractivity contribution in [3.8, 4) is 0 Å². The molecule has 3 unspecified atom stereocenters. The lowest BCUT2D eigenvalue weighted by Crippen LogP contribution is -2.42.